The summed E-state index contributed by atoms with van der Waals surface area (Å²) in [6.07, 6.45) is 3.13. The normalized spacial score (nSPS) is 14.4. The number of benzene rings is 1. The highest BCUT2D eigenvalue weighted by atomic mass is 35.5. The van der Waals surface area contributed by atoms with Crippen molar-refractivity contribution in [1.29, 1.82) is 0 Å². The van der Waals surface area contributed by atoms with Gasteiger partial charge < -0.3 is 10.2 Å². The molecule has 2 amide bonds. The molecule has 1 aromatic carbocycles. The van der Waals surface area contributed by atoms with Crippen molar-refractivity contribution in [2.24, 2.45) is 5.92 Å². The molecule has 1 fully saturated rings. The summed E-state index contributed by atoms with van der Waals surface area (Å²) in [4.78, 5) is 25.1. The van der Waals surface area contributed by atoms with Crippen LogP contribution in [0, 0.1) is 5.92 Å². The van der Waals surface area contributed by atoms with Crippen molar-refractivity contribution >= 4 is 23.4 Å². The minimum Gasteiger partial charge on any atom is -0.354 e. The first-order chi connectivity index (χ1) is 10.1. The van der Waals surface area contributed by atoms with Crippen LogP contribution >= 0.6 is 11.6 Å². The van der Waals surface area contributed by atoms with Gasteiger partial charge in [0.15, 0.2) is 0 Å². The lowest BCUT2D eigenvalue weighted by Gasteiger charge is -2.25. The van der Waals surface area contributed by atoms with Crippen molar-refractivity contribution in [2.45, 2.75) is 32.7 Å². The number of carbonyl (C=O) groups is 2. The molecule has 0 atom stereocenters. The fourth-order valence-electron chi connectivity index (χ4n) is 2.29. The molecule has 5 heteroatoms. The Balaban J connectivity index is 1.80. The second-order valence-corrected chi connectivity index (χ2v) is 5.92. The Morgan fingerprint density at radius 3 is 2.48 bits per heavy atom. The Labute approximate surface area is 130 Å². The summed E-state index contributed by atoms with van der Waals surface area (Å²) in [6.45, 7) is 3.11. The number of amides is 2. The SMILES string of the molecule is CC(=O)N(CCNC(=O)C1CCC1)Cc1ccc(Cl)cc1. The van der Waals surface area contributed by atoms with Gasteiger partial charge in [0, 0.05) is 37.5 Å². The summed E-state index contributed by atoms with van der Waals surface area (Å²) < 4.78 is 0. The molecule has 1 aromatic rings. The van der Waals surface area contributed by atoms with Crippen LogP contribution in [0.25, 0.3) is 0 Å². The van der Waals surface area contributed by atoms with E-state index in [2.05, 4.69) is 5.32 Å². The second-order valence-electron chi connectivity index (χ2n) is 5.49. The largest absolute Gasteiger partial charge is 0.354 e. The van der Waals surface area contributed by atoms with E-state index in [9.17, 15) is 9.59 Å². The number of nitrogens with one attached hydrogen (secondary N) is 1. The van der Waals surface area contributed by atoms with Gasteiger partial charge in [-0.3, -0.25) is 9.59 Å². The fourth-order valence-corrected chi connectivity index (χ4v) is 2.41. The maximum absolute atomic E-state index is 11.7. The van der Waals surface area contributed by atoms with Gasteiger partial charge in [0.05, 0.1) is 0 Å². The van der Waals surface area contributed by atoms with Crippen molar-refractivity contribution in [3.63, 3.8) is 0 Å². The first-order valence-corrected chi connectivity index (χ1v) is 7.71. The van der Waals surface area contributed by atoms with E-state index in [1.165, 1.54) is 0 Å². The van der Waals surface area contributed by atoms with Crippen LogP contribution in [0.1, 0.15) is 31.7 Å². The van der Waals surface area contributed by atoms with E-state index in [1.54, 1.807) is 11.8 Å². The van der Waals surface area contributed by atoms with Gasteiger partial charge in [-0.05, 0) is 30.5 Å². The zero-order valence-corrected chi connectivity index (χ0v) is 13.0. The average molecular weight is 309 g/mol. The Bertz CT molecular complexity index is 498. The van der Waals surface area contributed by atoms with Crippen LogP contribution in [0.5, 0.6) is 0 Å². The maximum Gasteiger partial charge on any atom is 0.223 e. The standard InChI is InChI=1S/C16H21ClN2O2/c1-12(20)19(11-13-5-7-15(17)8-6-13)10-9-18-16(21)14-3-2-4-14/h5-8,14H,2-4,9-11H2,1H3,(H,18,21). The minimum absolute atomic E-state index is 0.00263. The van der Waals surface area contributed by atoms with E-state index >= 15 is 0 Å². The van der Waals surface area contributed by atoms with Crippen LogP contribution in [0.3, 0.4) is 0 Å². The molecule has 1 N–H and O–H groups in total. The Hall–Kier alpha value is -1.55. The van der Waals surface area contributed by atoms with Gasteiger partial charge >= 0.3 is 0 Å². The summed E-state index contributed by atoms with van der Waals surface area (Å²) in [6, 6.07) is 7.44. The van der Waals surface area contributed by atoms with Gasteiger partial charge in [-0.2, -0.15) is 0 Å². The van der Waals surface area contributed by atoms with Crippen LogP contribution in [0.15, 0.2) is 24.3 Å². The third-order valence-corrected chi connectivity index (χ3v) is 4.14. The molecule has 0 bridgehead atoms. The highest BCUT2D eigenvalue weighted by Crippen LogP contribution is 2.26. The predicted molar refractivity (Wildman–Crippen MR) is 82.9 cm³/mol. The van der Waals surface area contributed by atoms with Crippen LogP contribution in [-0.2, 0) is 16.1 Å². The number of carbonyl (C=O) groups excluding carboxylic acids is 2. The van der Waals surface area contributed by atoms with E-state index in [4.69, 9.17) is 11.6 Å². The molecule has 2 rings (SSSR count). The lowest BCUT2D eigenvalue weighted by atomic mass is 9.85. The Kier molecular flexibility index (Phi) is 5.62. The van der Waals surface area contributed by atoms with Crippen LogP contribution < -0.4 is 5.32 Å². The van der Waals surface area contributed by atoms with E-state index in [0.29, 0.717) is 24.7 Å². The highest BCUT2D eigenvalue weighted by molar-refractivity contribution is 6.30. The van der Waals surface area contributed by atoms with Crippen molar-refractivity contribution in [2.75, 3.05) is 13.1 Å². The molecule has 0 heterocycles. The molecule has 1 aliphatic rings. The number of halogens is 1. The number of rotatable bonds is 6. The topological polar surface area (TPSA) is 49.4 Å². The summed E-state index contributed by atoms with van der Waals surface area (Å²) in [7, 11) is 0. The molecular formula is C16H21ClN2O2. The first-order valence-electron chi connectivity index (χ1n) is 7.34. The van der Waals surface area contributed by atoms with Crippen LogP contribution in [0.2, 0.25) is 5.02 Å². The van der Waals surface area contributed by atoms with Crippen molar-refractivity contribution in [3.8, 4) is 0 Å². The number of hydrogen-bond donors (Lipinski definition) is 1. The second kappa shape index (κ2) is 7.46. The molecule has 1 saturated carbocycles. The van der Waals surface area contributed by atoms with Crippen molar-refractivity contribution in [1.82, 2.24) is 10.2 Å². The smallest absolute Gasteiger partial charge is 0.223 e. The molecule has 4 nitrogen and oxygen atoms in total. The van der Waals surface area contributed by atoms with Crippen LogP contribution in [0.4, 0.5) is 0 Å². The molecule has 0 unspecified atom stereocenters. The molecule has 0 radical (unpaired) electrons. The third kappa shape index (κ3) is 4.74. The summed E-state index contributed by atoms with van der Waals surface area (Å²) in [5.41, 5.74) is 1.03. The summed E-state index contributed by atoms with van der Waals surface area (Å²) in [5, 5.41) is 3.59. The molecule has 114 valence electrons. The van der Waals surface area contributed by atoms with Gasteiger partial charge in [-0.25, -0.2) is 0 Å². The molecule has 0 saturated heterocycles. The lowest BCUT2D eigenvalue weighted by molar-refractivity contribution is -0.131. The lowest BCUT2D eigenvalue weighted by Crippen LogP contribution is -2.40. The van der Waals surface area contributed by atoms with Crippen molar-refractivity contribution < 1.29 is 9.59 Å². The van der Waals surface area contributed by atoms with Crippen LogP contribution in [-0.4, -0.2) is 29.8 Å². The summed E-state index contributed by atoms with van der Waals surface area (Å²) >= 11 is 5.85. The van der Waals surface area contributed by atoms with Gasteiger partial charge in [-0.15, -0.1) is 0 Å². The Morgan fingerprint density at radius 2 is 1.95 bits per heavy atom. The molecule has 1 aliphatic carbocycles. The predicted octanol–water partition coefficient (Wildman–Crippen LogP) is 2.60. The fraction of sp³-hybridized carbons (Fsp3) is 0.500. The van der Waals surface area contributed by atoms with Gasteiger partial charge in [-0.1, -0.05) is 30.2 Å². The zero-order chi connectivity index (χ0) is 15.2. The van der Waals surface area contributed by atoms with E-state index in [-0.39, 0.29) is 17.7 Å². The van der Waals surface area contributed by atoms with Crippen molar-refractivity contribution in [3.05, 3.63) is 34.9 Å². The maximum atomic E-state index is 11.7. The Morgan fingerprint density at radius 1 is 1.29 bits per heavy atom. The zero-order valence-electron chi connectivity index (χ0n) is 12.3. The molecule has 0 aliphatic heterocycles. The summed E-state index contributed by atoms with van der Waals surface area (Å²) in [5.74, 6) is 0.311. The molecule has 0 aromatic heterocycles. The third-order valence-electron chi connectivity index (χ3n) is 3.89. The van der Waals surface area contributed by atoms with Gasteiger partial charge in [0.1, 0.15) is 0 Å². The highest BCUT2D eigenvalue weighted by Gasteiger charge is 2.24. The molecule has 0 spiro atoms. The molecule has 21 heavy (non-hydrogen) atoms. The monoisotopic (exact) mass is 308 g/mol. The van der Waals surface area contributed by atoms with Gasteiger partial charge in [0.25, 0.3) is 0 Å². The first kappa shape index (κ1) is 15.8. The van der Waals surface area contributed by atoms with E-state index in [1.807, 2.05) is 24.3 Å². The van der Waals surface area contributed by atoms with Gasteiger partial charge in [0.2, 0.25) is 11.8 Å². The van der Waals surface area contributed by atoms with E-state index < -0.39 is 0 Å². The number of hydrogen-bond acceptors (Lipinski definition) is 2. The molecular weight excluding hydrogens is 288 g/mol. The minimum atomic E-state index is 0.00263. The quantitative estimate of drug-likeness (QED) is 0.878. The average Bonchev–Trinajstić information content (AvgIpc) is 2.37. The number of nitrogens with zero attached hydrogens (tertiary/aromatic N) is 1. The van der Waals surface area contributed by atoms with E-state index in [0.717, 1.165) is 24.8 Å².